The lowest BCUT2D eigenvalue weighted by Gasteiger charge is -2.07. The van der Waals surface area contributed by atoms with Crippen molar-refractivity contribution in [3.63, 3.8) is 0 Å². The molecule has 0 aliphatic rings. The van der Waals surface area contributed by atoms with Crippen molar-refractivity contribution < 1.29 is 22.7 Å². The Morgan fingerprint density at radius 2 is 1.65 bits per heavy atom. The zero-order valence-corrected chi connectivity index (χ0v) is 8.49. The van der Waals surface area contributed by atoms with Gasteiger partial charge in [0.25, 0.3) is 0 Å². The van der Waals surface area contributed by atoms with Crippen LogP contribution in [-0.2, 0) is 4.74 Å². The third kappa shape index (κ3) is 2.75. The van der Waals surface area contributed by atoms with Crippen molar-refractivity contribution in [2.75, 3.05) is 0 Å². The summed E-state index contributed by atoms with van der Waals surface area (Å²) < 4.78 is 38.9. The van der Waals surface area contributed by atoms with Crippen molar-refractivity contribution in [1.82, 2.24) is 0 Å². The predicted octanol–water partition coefficient (Wildman–Crippen LogP) is 3.52. The van der Waals surface area contributed by atoms with E-state index in [4.69, 9.17) is 0 Å². The molecule has 0 fully saturated rings. The molecule has 0 N–H and O–H groups in total. The fourth-order valence-corrected chi connectivity index (χ4v) is 1.48. The van der Waals surface area contributed by atoms with Crippen LogP contribution in [0.25, 0.3) is 10.8 Å². The molecule has 0 saturated heterocycles. The van der Waals surface area contributed by atoms with E-state index in [1.54, 1.807) is 30.3 Å². The molecule has 0 aliphatic heterocycles. The van der Waals surface area contributed by atoms with Crippen LogP contribution in [0, 0.1) is 0 Å². The molecule has 2 nitrogen and oxygen atoms in total. The number of fused-ring (bicyclic) bond motifs is 1. The normalized spacial score (nSPS) is 11.5. The van der Waals surface area contributed by atoms with Gasteiger partial charge in [-0.25, -0.2) is 4.79 Å². The number of hydrogen-bond donors (Lipinski definition) is 0. The van der Waals surface area contributed by atoms with Gasteiger partial charge in [0.1, 0.15) is 0 Å². The molecule has 0 saturated carbocycles. The van der Waals surface area contributed by atoms with Crippen molar-refractivity contribution >= 4 is 16.7 Å². The van der Waals surface area contributed by atoms with Crippen molar-refractivity contribution in [3.05, 3.63) is 48.0 Å². The van der Waals surface area contributed by atoms with E-state index >= 15 is 0 Å². The molecule has 0 unspecified atom stereocenters. The summed E-state index contributed by atoms with van der Waals surface area (Å²) in [5.41, 5.74) is -0.124. The molecule has 0 amide bonds. The molecule has 0 aliphatic carbocycles. The summed E-state index contributed by atoms with van der Waals surface area (Å²) in [6, 6.07) is 11.3. The van der Waals surface area contributed by atoms with Gasteiger partial charge in [0, 0.05) is 0 Å². The summed E-state index contributed by atoms with van der Waals surface area (Å²) >= 11 is 0. The standard InChI is InChI=1S/C12H7F3O2/c13-12(14,15)17-11(16)10-6-5-8-3-1-2-4-9(8)7-10/h1-7H. The molecule has 5 heteroatoms. The van der Waals surface area contributed by atoms with E-state index in [1.807, 2.05) is 0 Å². The van der Waals surface area contributed by atoms with Crippen molar-refractivity contribution in [1.29, 1.82) is 0 Å². The number of rotatable bonds is 1. The third-order valence-corrected chi connectivity index (χ3v) is 2.19. The Morgan fingerprint density at radius 3 is 2.29 bits per heavy atom. The van der Waals surface area contributed by atoms with Crippen molar-refractivity contribution in [3.8, 4) is 0 Å². The largest absolute Gasteiger partial charge is 0.575 e. The SMILES string of the molecule is O=C(OC(F)(F)F)c1ccc2ccccc2c1. The van der Waals surface area contributed by atoms with Gasteiger partial charge in [-0.1, -0.05) is 30.3 Å². The Labute approximate surface area is 94.6 Å². The van der Waals surface area contributed by atoms with E-state index in [0.717, 1.165) is 5.39 Å². The van der Waals surface area contributed by atoms with Gasteiger partial charge >= 0.3 is 12.3 Å². The van der Waals surface area contributed by atoms with E-state index in [0.29, 0.717) is 5.39 Å². The van der Waals surface area contributed by atoms with Crippen LogP contribution in [0.15, 0.2) is 42.5 Å². The summed E-state index contributed by atoms with van der Waals surface area (Å²) in [6.45, 7) is 0. The minimum Gasteiger partial charge on any atom is -0.369 e. The van der Waals surface area contributed by atoms with Gasteiger partial charge in [0.15, 0.2) is 0 Å². The Bertz CT molecular complexity index is 561. The quantitative estimate of drug-likeness (QED) is 0.713. The minimum atomic E-state index is -4.96. The maximum Gasteiger partial charge on any atom is 0.575 e. The van der Waals surface area contributed by atoms with Crippen molar-refractivity contribution in [2.45, 2.75) is 6.36 Å². The van der Waals surface area contributed by atoms with Crippen molar-refractivity contribution in [2.24, 2.45) is 0 Å². The fraction of sp³-hybridized carbons (Fsp3) is 0.0833. The number of alkyl halides is 3. The maximum absolute atomic E-state index is 11.9. The van der Waals surface area contributed by atoms with E-state index in [-0.39, 0.29) is 5.56 Å². The molecule has 17 heavy (non-hydrogen) atoms. The Hall–Kier alpha value is -2.04. The van der Waals surface area contributed by atoms with E-state index in [1.165, 1.54) is 12.1 Å². The third-order valence-electron chi connectivity index (χ3n) is 2.19. The van der Waals surface area contributed by atoms with E-state index in [2.05, 4.69) is 4.74 Å². The molecule has 88 valence electrons. The number of ether oxygens (including phenoxy) is 1. The average molecular weight is 240 g/mol. The van der Waals surface area contributed by atoms with Crippen LogP contribution in [0.1, 0.15) is 10.4 Å². The molecule has 2 aromatic rings. The van der Waals surface area contributed by atoms with Gasteiger partial charge < -0.3 is 4.74 Å². The highest BCUT2D eigenvalue weighted by Crippen LogP contribution is 2.21. The van der Waals surface area contributed by atoms with Crippen LogP contribution in [0.3, 0.4) is 0 Å². The first-order valence-electron chi connectivity index (χ1n) is 4.74. The van der Waals surface area contributed by atoms with Gasteiger partial charge in [0.05, 0.1) is 5.56 Å². The first kappa shape index (κ1) is 11.4. The monoisotopic (exact) mass is 240 g/mol. The Kier molecular flexibility index (Phi) is 2.75. The number of esters is 1. The lowest BCUT2D eigenvalue weighted by molar-refractivity contribution is -0.291. The maximum atomic E-state index is 11.9. The molecule has 2 aromatic carbocycles. The van der Waals surface area contributed by atoms with Crippen LogP contribution < -0.4 is 0 Å². The fourth-order valence-electron chi connectivity index (χ4n) is 1.48. The van der Waals surface area contributed by atoms with Crippen LogP contribution in [0.2, 0.25) is 0 Å². The highest BCUT2D eigenvalue weighted by Gasteiger charge is 2.34. The second-order valence-corrected chi connectivity index (χ2v) is 3.40. The zero-order valence-electron chi connectivity index (χ0n) is 8.49. The molecule has 0 heterocycles. The number of hydrogen-bond acceptors (Lipinski definition) is 2. The molecule has 0 aromatic heterocycles. The van der Waals surface area contributed by atoms with Gasteiger partial charge in [-0.2, -0.15) is 0 Å². The number of carbonyl (C=O) groups excluding carboxylic acids is 1. The summed E-state index contributed by atoms with van der Waals surface area (Å²) in [5.74, 6) is -1.40. The molecular formula is C12H7F3O2. The first-order chi connectivity index (χ1) is 7.96. The molecule has 0 radical (unpaired) electrons. The summed E-state index contributed by atoms with van der Waals surface area (Å²) in [5, 5.41) is 1.53. The molecule has 0 spiro atoms. The van der Waals surface area contributed by atoms with Crippen LogP contribution in [0.5, 0.6) is 0 Å². The summed E-state index contributed by atoms with van der Waals surface area (Å²) in [6.07, 6.45) is -4.96. The average Bonchev–Trinajstić information content (AvgIpc) is 2.26. The van der Waals surface area contributed by atoms with Gasteiger partial charge in [-0.3, -0.25) is 0 Å². The number of benzene rings is 2. The second-order valence-electron chi connectivity index (χ2n) is 3.40. The van der Waals surface area contributed by atoms with Gasteiger partial charge in [-0.05, 0) is 22.9 Å². The highest BCUT2D eigenvalue weighted by atomic mass is 19.4. The van der Waals surface area contributed by atoms with Gasteiger partial charge in [0.2, 0.25) is 0 Å². The molecular weight excluding hydrogens is 233 g/mol. The van der Waals surface area contributed by atoms with E-state index < -0.39 is 12.3 Å². The van der Waals surface area contributed by atoms with Gasteiger partial charge in [-0.15, -0.1) is 13.2 Å². The minimum absolute atomic E-state index is 0.124. The van der Waals surface area contributed by atoms with Crippen LogP contribution in [-0.4, -0.2) is 12.3 Å². The first-order valence-corrected chi connectivity index (χ1v) is 4.74. The number of halogens is 3. The van der Waals surface area contributed by atoms with E-state index in [9.17, 15) is 18.0 Å². The smallest absolute Gasteiger partial charge is 0.369 e. The number of carbonyl (C=O) groups is 1. The summed E-state index contributed by atoms with van der Waals surface area (Å²) in [4.78, 5) is 11.2. The summed E-state index contributed by atoms with van der Waals surface area (Å²) in [7, 11) is 0. The Balaban J connectivity index is 2.33. The lowest BCUT2D eigenvalue weighted by Crippen LogP contribution is -2.19. The Morgan fingerprint density at radius 1 is 1.00 bits per heavy atom. The zero-order chi connectivity index (χ0) is 12.5. The topological polar surface area (TPSA) is 26.3 Å². The molecule has 0 atom stereocenters. The molecule has 2 rings (SSSR count). The molecule has 0 bridgehead atoms. The van der Waals surface area contributed by atoms with Crippen LogP contribution in [0.4, 0.5) is 13.2 Å². The predicted molar refractivity (Wildman–Crippen MR) is 55.4 cm³/mol. The van der Waals surface area contributed by atoms with Crippen LogP contribution >= 0.6 is 0 Å². The second kappa shape index (κ2) is 4.08. The lowest BCUT2D eigenvalue weighted by atomic mass is 10.1. The highest BCUT2D eigenvalue weighted by molar-refractivity contribution is 5.95.